The highest BCUT2D eigenvalue weighted by molar-refractivity contribution is 5.31. The minimum absolute atomic E-state index is 0.00976. The summed E-state index contributed by atoms with van der Waals surface area (Å²) in [6, 6.07) is 5.12. The second kappa shape index (κ2) is 6.46. The predicted octanol–water partition coefficient (Wildman–Crippen LogP) is 2.24. The molecule has 1 saturated heterocycles. The maximum absolute atomic E-state index is 13.3. The Bertz CT molecular complexity index is 423. The number of hydrogen-bond acceptors (Lipinski definition) is 3. The zero-order valence-electron chi connectivity index (χ0n) is 11.7. The lowest BCUT2D eigenvalue weighted by Gasteiger charge is -2.41. The Morgan fingerprint density at radius 2 is 2.26 bits per heavy atom. The second-order valence-electron chi connectivity index (χ2n) is 5.13. The zero-order valence-corrected chi connectivity index (χ0v) is 11.7. The van der Waals surface area contributed by atoms with Gasteiger partial charge in [0.25, 0.3) is 0 Å². The van der Waals surface area contributed by atoms with Gasteiger partial charge in [0, 0.05) is 13.1 Å². The molecule has 3 nitrogen and oxygen atoms in total. The molecule has 2 N–H and O–H groups in total. The molecule has 0 amide bonds. The molecule has 0 spiro atoms. The van der Waals surface area contributed by atoms with Crippen LogP contribution in [-0.4, -0.2) is 37.2 Å². The molecule has 0 bridgehead atoms. The molecule has 19 heavy (non-hydrogen) atoms. The molecule has 0 radical (unpaired) electrons. The van der Waals surface area contributed by atoms with Gasteiger partial charge in [-0.3, -0.25) is 4.90 Å². The van der Waals surface area contributed by atoms with Gasteiger partial charge in [0.05, 0.1) is 18.8 Å². The molecule has 4 heteroatoms. The van der Waals surface area contributed by atoms with Crippen LogP contribution in [0.5, 0.6) is 0 Å². The van der Waals surface area contributed by atoms with Crippen LogP contribution in [0.25, 0.3) is 0 Å². The van der Waals surface area contributed by atoms with Crippen molar-refractivity contribution in [1.29, 1.82) is 0 Å². The lowest BCUT2D eigenvalue weighted by atomic mass is 9.94. The van der Waals surface area contributed by atoms with E-state index in [1.807, 2.05) is 13.0 Å². The first-order valence-electron chi connectivity index (χ1n) is 6.99. The Morgan fingerprint density at radius 1 is 1.47 bits per heavy atom. The second-order valence-corrected chi connectivity index (χ2v) is 5.13. The predicted molar refractivity (Wildman–Crippen MR) is 74.5 cm³/mol. The average Bonchev–Trinajstić information content (AvgIpc) is 2.39. The van der Waals surface area contributed by atoms with E-state index in [1.165, 1.54) is 6.07 Å². The van der Waals surface area contributed by atoms with Crippen LogP contribution >= 0.6 is 0 Å². The summed E-state index contributed by atoms with van der Waals surface area (Å²) in [4.78, 5) is 2.40. The average molecular weight is 266 g/mol. The fourth-order valence-corrected chi connectivity index (χ4v) is 2.89. The Morgan fingerprint density at radius 3 is 2.89 bits per heavy atom. The Labute approximate surface area is 114 Å². The molecule has 0 saturated carbocycles. The van der Waals surface area contributed by atoms with Gasteiger partial charge in [-0.1, -0.05) is 13.0 Å². The first-order chi connectivity index (χ1) is 9.17. The van der Waals surface area contributed by atoms with Gasteiger partial charge in [-0.05, 0) is 43.1 Å². The summed E-state index contributed by atoms with van der Waals surface area (Å²) >= 11 is 0. The third-order valence-corrected chi connectivity index (χ3v) is 3.75. The number of nitrogens with zero attached hydrogens (tertiary/aromatic N) is 1. The van der Waals surface area contributed by atoms with Crippen LogP contribution in [0, 0.1) is 12.7 Å². The summed E-state index contributed by atoms with van der Waals surface area (Å²) in [6.45, 7) is 7.25. The minimum Gasteiger partial charge on any atom is -0.374 e. The summed E-state index contributed by atoms with van der Waals surface area (Å²) in [7, 11) is 0. The third-order valence-electron chi connectivity index (χ3n) is 3.75. The van der Waals surface area contributed by atoms with Gasteiger partial charge in [-0.15, -0.1) is 0 Å². The van der Waals surface area contributed by atoms with Crippen molar-refractivity contribution < 1.29 is 9.13 Å². The normalized spacial score (nSPS) is 24.6. The number of morpholine rings is 1. The lowest BCUT2D eigenvalue weighted by Crippen LogP contribution is -2.48. The smallest absolute Gasteiger partial charge is 0.123 e. The molecule has 0 aromatic heterocycles. The van der Waals surface area contributed by atoms with Crippen LogP contribution in [0.4, 0.5) is 4.39 Å². The molecular weight excluding hydrogens is 243 g/mol. The standard InChI is InChI=1S/C15H23FN2O/c1-3-6-18-7-8-19-14(10-17)15(18)13-5-4-12(16)9-11(13)2/h4-5,9,14-15H,3,6-8,10,17H2,1-2H3. The highest BCUT2D eigenvalue weighted by Gasteiger charge is 2.33. The monoisotopic (exact) mass is 266 g/mol. The van der Waals surface area contributed by atoms with Crippen molar-refractivity contribution in [3.63, 3.8) is 0 Å². The van der Waals surface area contributed by atoms with Gasteiger partial charge >= 0.3 is 0 Å². The largest absolute Gasteiger partial charge is 0.374 e. The maximum atomic E-state index is 13.3. The molecule has 2 atom stereocenters. The number of aryl methyl sites for hydroxylation is 1. The number of ether oxygens (including phenoxy) is 1. The molecule has 1 aromatic rings. The van der Waals surface area contributed by atoms with E-state index in [0.717, 1.165) is 37.2 Å². The van der Waals surface area contributed by atoms with Crippen molar-refractivity contribution in [2.45, 2.75) is 32.4 Å². The SMILES string of the molecule is CCCN1CCOC(CN)C1c1ccc(F)cc1C. The van der Waals surface area contributed by atoms with Gasteiger partial charge in [-0.25, -0.2) is 4.39 Å². The van der Waals surface area contributed by atoms with Crippen molar-refractivity contribution in [2.24, 2.45) is 5.73 Å². The number of hydrogen-bond donors (Lipinski definition) is 1. The van der Waals surface area contributed by atoms with E-state index >= 15 is 0 Å². The van der Waals surface area contributed by atoms with Crippen molar-refractivity contribution in [3.05, 3.63) is 35.1 Å². The minimum atomic E-state index is -0.190. The van der Waals surface area contributed by atoms with Crippen LogP contribution in [0.3, 0.4) is 0 Å². The van der Waals surface area contributed by atoms with Crippen molar-refractivity contribution in [2.75, 3.05) is 26.2 Å². The Kier molecular flexibility index (Phi) is 4.91. The van der Waals surface area contributed by atoms with Crippen LogP contribution in [-0.2, 0) is 4.74 Å². The van der Waals surface area contributed by atoms with Gasteiger partial charge in [0.15, 0.2) is 0 Å². The van der Waals surface area contributed by atoms with E-state index in [1.54, 1.807) is 6.07 Å². The van der Waals surface area contributed by atoms with Crippen molar-refractivity contribution >= 4 is 0 Å². The van der Waals surface area contributed by atoms with Crippen LogP contribution in [0.15, 0.2) is 18.2 Å². The molecule has 106 valence electrons. The first-order valence-corrected chi connectivity index (χ1v) is 6.99. The number of nitrogens with two attached hydrogens (primary N) is 1. The summed E-state index contributed by atoms with van der Waals surface area (Å²) in [6.07, 6.45) is 1.08. The molecule has 1 aromatic carbocycles. The highest BCUT2D eigenvalue weighted by Crippen LogP contribution is 2.31. The summed E-state index contributed by atoms with van der Waals surface area (Å²) in [5.41, 5.74) is 7.94. The number of benzene rings is 1. The van der Waals surface area contributed by atoms with Crippen LogP contribution < -0.4 is 5.73 Å². The van der Waals surface area contributed by atoms with Crippen molar-refractivity contribution in [1.82, 2.24) is 4.90 Å². The fourth-order valence-electron chi connectivity index (χ4n) is 2.89. The Hall–Kier alpha value is -0.970. The summed E-state index contributed by atoms with van der Waals surface area (Å²) in [5.74, 6) is -0.190. The van der Waals surface area contributed by atoms with Crippen molar-refractivity contribution in [3.8, 4) is 0 Å². The van der Waals surface area contributed by atoms with Gasteiger partial charge in [0.2, 0.25) is 0 Å². The van der Waals surface area contributed by atoms with E-state index in [2.05, 4.69) is 11.8 Å². The Balaban J connectivity index is 2.33. The number of halogens is 1. The molecule has 2 unspecified atom stereocenters. The van der Waals surface area contributed by atoms with E-state index in [0.29, 0.717) is 6.54 Å². The van der Waals surface area contributed by atoms with Gasteiger partial charge < -0.3 is 10.5 Å². The van der Waals surface area contributed by atoms with Gasteiger partial charge in [-0.2, -0.15) is 0 Å². The lowest BCUT2D eigenvalue weighted by molar-refractivity contribution is -0.0678. The topological polar surface area (TPSA) is 38.5 Å². The van der Waals surface area contributed by atoms with Crippen LogP contribution in [0.1, 0.15) is 30.5 Å². The quantitative estimate of drug-likeness (QED) is 0.908. The molecule has 1 heterocycles. The van der Waals surface area contributed by atoms with Gasteiger partial charge in [0.1, 0.15) is 5.82 Å². The summed E-state index contributed by atoms with van der Waals surface area (Å²) in [5, 5.41) is 0. The first kappa shape index (κ1) is 14.4. The third kappa shape index (κ3) is 3.14. The molecule has 1 aliphatic rings. The molecule has 1 aliphatic heterocycles. The fraction of sp³-hybridized carbons (Fsp3) is 0.600. The molecular formula is C15H23FN2O. The van der Waals surface area contributed by atoms with E-state index < -0.39 is 0 Å². The highest BCUT2D eigenvalue weighted by atomic mass is 19.1. The van der Waals surface area contributed by atoms with E-state index in [-0.39, 0.29) is 18.0 Å². The number of rotatable bonds is 4. The molecule has 1 fully saturated rings. The van der Waals surface area contributed by atoms with Crippen LogP contribution in [0.2, 0.25) is 0 Å². The van der Waals surface area contributed by atoms with E-state index in [4.69, 9.17) is 10.5 Å². The summed E-state index contributed by atoms with van der Waals surface area (Å²) < 4.78 is 19.1. The van der Waals surface area contributed by atoms with E-state index in [9.17, 15) is 4.39 Å². The zero-order chi connectivity index (χ0) is 13.8. The maximum Gasteiger partial charge on any atom is 0.123 e. The molecule has 0 aliphatic carbocycles. The molecule has 2 rings (SSSR count).